The number of esters is 1. The molecule has 8 heteroatoms. The average molecular weight is 377 g/mol. The fourth-order valence-electron chi connectivity index (χ4n) is 1.96. The van der Waals surface area contributed by atoms with Gasteiger partial charge in [-0.05, 0) is 48.9 Å². The van der Waals surface area contributed by atoms with Gasteiger partial charge in [-0.1, -0.05) is 17.7 Å². The van der Waals surface area contributed by atoms with E-state index in [1.54, 1.807) is 12.1 Å². The SMILES string of the molecule is Cc1ccc(Cl)c(OCC(=O)OCC(=O)Nc2ccc(C(N)=O)cc2)c1. The lowest BCUT2D eigenvalue weighted by atomic mass is 10.2. The summed E-state index contributed by atoms with van der Waals surface area (Å²) in [4.78, 5) is 34.4. The Hall–Kier alpha value is -3.06. The number of hydrogen-bond acceptors (Lipinski definition) is 5. The molecule has 0 unspecified atom stereocenters. The summed E-state index contributed by atoms with van der Waals surface area (Å²) >= 11 is 5.96. The van der Waals surface area contributed by atoms with Gasteiger partial charge in [0.05, 0.1) is 5.02 Å². The number of anilines is 1. The van der Waals surface area contributed by atoms with E-state index in [1.807, 2.05) is 13.0 Å². The lowest BCUT2D eigenvalue weighted by Crippen LogP contribution is -2.23. The van der Waals surface area contributed by atoms with Crippen molar-refractivity contribution in [3.63, 3.8) is 0 Å². The molecule has 2 rings (SSSR count). The van der Waals surface area contributed by atoms with Gasteiger partial charge in [-0.3, -0.25) is 9.59 Å². The molecule has 7 nitrogen and oxygen atoms in total. The van der Waals surface area contributed by atoms with Crippen molar-refractivity contribution in [2.75, 3.05) is 18.5 Å². The Balaban J connectivity index is 1.76. The maximum Gasteiger partial charge on any atom is 0.344 e. The van der Waals surface area contributed by atoms with Crippen LogP contribution in [0.5, 0.6) is 5.75 Å². The van der Waals surface area contributed by atoms with Crippen molar-refractivity contribution in [2.24, 2.45) is 5.73 Å². The first kappa shape index (κ1) is 19.3. The molecule has 0 spiro atoms. The summed E-state index contributed by atoms with van der Waals surface area (Å²) in [5.74, 6) is -1.44. The summed E-state index contributed by atoms with van der Waals surface area (Å²) in [6.45, 7) is 1.02. The van der Waals surface area contributed by atoms with Gasteiger partial charge in [-0.2, -0.15) is 0 Å². The first-order valence-corrected chi connectivity index (χ1v) is 7.97. The van der Waals surface area contributed by atoms with Crippen LogP contribution in [0, 0.1) is 6.92 Å². The molecule has 2 aromatic rings. The van der Waals surface area contributed by atoms with E-state index in [4.69, 9.17) is 26.8 Å². The molecule has 0 aromatic heterocycles. The Labute approximate surface area is 155 Å². The van der Waals surface area contributed by atoms with E-state index in [2.05, 4.69) is 5.32 Å². The zero-order valence-electron chi connectivity index (χ0n) is 14.0. The minimum Gasteiger partial charge on any atom is -0.480 e. The number of aryl methyl sites for hydroxylation is 1. The number of carbonyl (C=O) groups excluding carboxylic acids is 3. The van der Waals surface area contributed by atoms with E-state index >= 15 is 0 Å². The third-order valence-electron chi connectivity index (χ3n) is 3.25. The lowest BCUT2D eigenvalue weighted by molar-refractivity contribution is -0.149. The highest BCUT2D eigenvalue weighted by Gasteiger charge is 2.10. The maximum atomic E-state index is 11.8. The zero-order valence-corrected chi connectivity index (χ0v) is 14.7. The molecule has 0 aliphatic rings. The molecule has 0 radical (unpaired) electrons. The summed E-state index contributed by atoms with van der Waals surface area (Å²) < 4.78 is 10.1. The molecule has 0 saturated heterocycles. The van der Waals surface area contributed by atoms with Crippen LogP contribution in [0.25, 0.3) is 0 Å². The second-order valence-corrected chi connectivity index (χ2v) is 5.78. The number of halogens is 1. The van der Waals surface area contributed by atoms with Gasteiger partial charge in [0.2, 0.25) is 5.91 Å². The van der Waals surface area contributed by atoms with Crippen LogP contribution in [0.2, 0.25) is 5.02 Å². The van der Waals surface area contributed by atoms with Crippen LogP contribution in [0.3, 0.4) is 0 Å². The van der Waals surface area contributed by atoms with Crippen LogP contribution in [-0.2, 0) is 14.3 Å². The first-order valence-electron chi connectivity index (χ1n) is 7.59. The summed E-state index contributed by atoms with van der Waals surface area (Å²) in [6.07, 6.45) is 0. The van der Waals surface area contributed by atoms with Crippen molar-refractivity contribution in [2.45, 2.75) is 6.92 Å². The minimum absolute atomic E-state index is 0.321. The highest BCUT2D eigenvalue weighted by molar-refractivity contribution is 6.32. The summed E-state index contributed by atoms with van der Waals surface area (Å²) in [6, 6.07) is 11.2. The molecule has 0 heterocycles. The quantitative estimate of drug-likeness (QED) is 0.721. The number of benzene rings is 2. The third-order valence-corrected chi connectivity index (χ3v) is 3.56. The molecular weight excluding hydrogens is 360 g/mol. The highest BCUT2D eigenvalue weighted by atomic mass is 35.5. The number of nitrogens with two attached hydrogens (primary N) is 1. The van der Waals surface area contributed by atoms with E-state index < -0.39 is 24.4 Å². The van der Waals surface area contributed by atoms with Crippen LogP contribution in [-0.4, -0.2) is 31.0 Å². The van der Waals surface area contributed by atoms with Crippen molar-refractivity contribution in [1.82, 2.24) is 0 Å². The molecule has 0 atom stereocenters. The Morgan fingerprint density at radius 2 is 1.77 bits per heavy atom. The van der Waals surface area contributed by atoms with E-state index in [-0.39, 0.29) is 6.61 Å². The van der Waals surface area contributed by atoms with Crippen LogP contribution in [0.15, 0.2) is 42.5 Å². The number of hydrogen-bond donors (Lipinski definition) is 2. The fourth-order valence-corrected chi connectivity index (χ4v) is 2.13. The highest BCUT2D eigenvalue weighted by Crippen LogP contribution is 2.25. The number of primary amides is 1. The smallest absolute Gasteiger partial charge is 0.344 e. The van der Waals surface area contributed by atoms with Crippen molar-refractivity contribution >= 4 is 35.1 Å². The van der Waals surface area contributed by atoms with Crippen molar-refractivity contribution in [3.05, 3.63) is 58.6 Å². The van der Waals surface area contributed by atoms with Crippen molar-refractivity contribution in [1.29, 1.82) is 0 Å². The summed E-state index contributed by atoms with van der Waals surface area (Å²) in [5, 5.41) is 2.90. The number of ether oxygens (including phenoxy) is 2. The van der Waals surface area contributed by atoms with Gasteiger partial charge in [-0.25, -0.2) is 4.79 Å². The Morgan fingerprint density at radius 1 is 1.08 bits per heavy atom. The number of nitrogens with one attached hydrogen (secondary N) is 1. The molecule has 0 saturated carbocycles. The van der Waals surface area contributed by atoms with Gasteiger partial charge in [0, 0.05) is 11.3 Å². The third kappa shape index (κ3) is 5.78. The average Bonchev–Trinajstić information content (AvgIpc) is 2.61. The van der Waals surface area contributed by atoms with Gasteiger partial charge in [0.1, 0.15) is 5.75 Å². The molecule has 2 amide bonds. The second kappa shape index (κ2) is 8.87. The first-order chi connectivity index (χ1) is 12.3. The minimum atomic E-state index is -0.707. The predicted molar refractivity (Wildman–Crippen MR) is 96.2 cm³/mol. The van der Waals surface area contributed by atoms with Gasteiger partial charge >= 0.3 is 5.97 Å². The maximum absolute atomic E-state index is 11.8. The second-order valence-electron chi connectivity index (χ2n) is 5.37. The molecule has 0 fully saturated rings. The predicted octanol–water partition coefficient (Wildman–Crippen LogP) is 2.31. The number of carbonyl (C=O) groups is 3. The topological polar surface area (TPSA) is 108 Å². The Bertz CT molecular complexity index is 821. The van der Waals surface area contributed by atoms with E-state index in [0.717, 1.165) is 5.56 Å². The van der Waals surface area contributed by atoms with Crippen LogP contribution in [0.1, 0.15) is 15.9 Å². The summed E-state index contributed by atoms with van der Waals surface area (Å²) in [7, 11) is 0. The Morgan fingerprint density at radius 3 is 2.42 bits per heavy atom. The number of rotatable bonds is 7. The number of amides is 2. The van der Waals surface area contributed by atoms with Gasteiger partial charge in [0.25, 0.3) is 5.91 Å². The molecule has 0 aliphatic carbocycles. The van der Waals surface area contributed by atoms with E-state index in [1.165, 1.54) is 24.3 Å². The normalized spacial score (nSPS) is 10.1. The van der Waals surface area contributed by atoms with Crippen LogP contribution in [0.4, 0.5) is 5.69 Å². The molecule has 0 bridgehead atoms. The largest absolute Gasteiger partial charge is 0.480 e. The molecular formula is C18H17ClN2O5. The fraction of sp³-hybridized carbons (Fsp3) is 0.167. The van der Waals surface area contributed by atoms with Gasteiger partial charge in [-0.15, -0.1) is 0 Å². The standard InChI is InChI=1S/C18H17ClN2O5/c1-11-2-7-14(19)15(8-11)25-10-17(23)26-9-16(22)21-13-5-3-12(4-6-13)18(20)24/h2-8H,9-10H2,1H3,(H2,20,24)(H,21,22). The van der Waals surface area contributed by atoms with E-state index in [0.29, 0.717) is 22.0 Å². The molecule has 136 valence electrons. The Kier molecular flexibility index (Phi) is 6.57. The van der Waals surface area contributed by atoms with Gasteiger partial charge in [0.15, 0.2) is 13.2 Å². The zero-order chi connectivity index (χ0) is 19.1. The van der Waals surface area contributed by atoms with Gasteiger partial charge < -0.3 is 20.5 Å². The lowest BCUT2D eigenvalue weighted by Gasteiger charge is -2.09. The monoisotopic (exact) mass is 376 g/mol. The van der Waals surface area contributed by atoms with Crippen LogP contribution < -0.4 is 15.8 Å². The molecule has 0 aliphatic heterocycles. The summed E-state index contributed by atoms with van der Waals surface area (Å²) in [5.41, 5.74) is 6.82. The van der Waals surface area contributed by atoms with Crippen molar-refractivity contribution in [3.8, 4) is 5.75 Å². The molecule has 26 heavy (non-hydrogen) atoms. The van der Waals surface area contributed by atoms with E-state index in [9.17, 15) is 14.4 Å². The van der Waals surface area contributed by atoms with Crippen molar-refractivity contribution < 1.29 is 23.9 Å². The molecule has 3 N–H and O–H groups in total. The molecule has 2 aromatic carbocycles. The van der Waals surface area contributed by atoms with Crippen LogP contribution >= 0.6 is 11.6 Å².